The molecule has 84 valence electrons. The average molecular weight is 236 g/mol. The lowest BCUT2D eigenvalue weighted by Crippen LogP contribution is -2.27. The van der Waals surface area contributed by atoms with Crippen LogP contribution in [-0.2, 0) is 11.9 Å². The predicted octanol–water partition coefficient (Wildman–Crippen LogP) is 2.45. The zero-order valence-corrected chi connectivity index (χ0v) is 8.94. The molecule has 0 aliphatic heterocycles. The Kier molecular flexibility index (Phi) is 3.51. The van der Waals surface area contributed by atoms with Crippen LogP contribution in [-0.4, -0.2) is 7.05 Å². The van der Waals surface area contributed by atoms with Gasteiger partial charge in [-0.3, -0.25) is 0 Å². The van der Waals surface area contributed by atoms with Crippen LogP contribution in [0.3, 0.4) is 0 Å². The largest absolute Gasteiger partial charge is 0.416 e. The molecule has 0 heterocycles. The van der Waals surface area contributed by atoms with Crippen LogP contribution in [0, 0.1) is 0 Å². The Hall–Kier alpha value is -0.880. The first kappa shape index (κ1) is 12.2. The quantitative estimate of drug-likeness (QED) is 0.469. The molecule has 0 aromatic heterocycles. The highest BCUT2D eigenvalue weighted by Gasteiger charge is 2.33. The maximum Gasteiger partial charge on any atom is 0.416 e. The molecule has 15 heavy (non-hydrogen) atoms. The van der Waals surface area contributed by atoms with Crippen molar-refractivity contribution in [2.45, 2.75) is 11.9 Å². The van der Waals surface area contributed by atoms with Gasteiger partial charge in [-0.05, 0) is 17.7 Å². The van der Waals surface area contributed by atoms with Gasteiger partial charge in [0, 0.05) is 12.8 Å². The van der Waals surface area contributed by atoms with E-state index in [9.17, 15) is 13.2 Å². The molecule has 0 bridgehead atoms. The Bertz CT molecular complexity index is 350. The zero-order chi connectivity index (χ0) is 11.6. The van der Waals surface area contributed by atoms with E-state index in [1.54, 1.807) is 0 Å². The summed E-state index contributed by atoms with van der Waals surface area (Å²) in [5.74, 6) is 5.43. The summed E-state index contributed by atoms with van der Waals surface area (Å²) in [6.07, 6.45) is -4.37. The topological polar surface area (TPSA) is 29.3 Å². The van der Waals surface area contributed by atoms with E-state index in [1.165, 1.54) is 19.2 Å². The van der Waals surface area contributed by atoms with Gasteiger partial charge in [-0.15, -0.1) is 0 Å². The van der Waals surface area contributed by atoms with Gasteiger partial charge in [0.05, 0.1) is 11.3 Å². The lowest BCUT2D eigenvalue weighted by Gasteiger charge is -2.20. The Morgan fingerprint density at radius 3 is 2.40 bits per heavy atom. The maximum absolute atomic E-state index is 12.6. The fourth-order valence-electron chi connectivity index (χ4n) is 1.34. The highest BCUT2D eigenvalue weighted by Crippen LogP contribution is 2.36. The minimum atomic E-state index is -4.37. The number of hydrogen-bond acceptors (Lipinski definition) is 3. The van der Waals surface area contributed by atoms with Crippen molar-refractivity contribution >= 4 is 18.3 Å². The average Bonchev–Trinajstić information content (AvgIpc) is 2.15. The van der Waals surface area contributed by atoms with Crippen LogP contribution < -0.4 is 10.9 Å². The number of benzene rings is 1. The zero-order valence-electron chi connectivity index (χ0n) is 8.04. The summed E-state index contributed by atoms with van der Waals surface area (Å²) in [6.45, 7) is 0. The Morgan fingerprint density at radius 2 is 2.00 bits per heavy atom. The number of hydrazine groups is 1. The van der Waals surface area contributed by atoms with E-state index in [0.717, 1.165) is 11.1 Å². The first-order valence-corrected chi connectivity index (χ1v) is 4.79. The summed E-state index contributed by atoms with van der Waals surface area (Å²) in [5.41, 5.74) is -0.259. The first-order chi connectivity index (χ1) is 6.88. The second kappa shape index (κ2) is 4.32. The molecule has 1 aromatic carbocycles. The van der Waals surface area contributed by atoms with Gasteiger partial charge in [-0.2, -0.15) is 25.8 Å². The van der Waals surface area contributed by atoms with Crippen molar-refractivity contribution < 1.29 is 13.2 Å². The molecule has 0 radical (unpaired) electrons. The Balaban J connectivity index is 3.35. The smallest absolute Gasteiger partial charge is 0.314 e. The highest BCUT2D eigenvalue weighted by atomic mass is 32.1. The number of halogens is 3. The lowest BCUT2D eigenvalue weighted by molar-refractivity contribution is -0.138. The number of hydrogen-bond donors (Lipinski definition) is 2. The molecular weight excluding hydrogens is 225 g/mol. The van der Waals surface area contributed by atoms with Crippen molar-refractivity contribution in [3.8, 4) is 0 Å². The molecule has 0 spiro atoms. The number of thiol groups is 1. The SMILES string of the molecule is CN(N)c1cccc(C(F)(F)F)c1CS. The van der Waals surface area contributed by atoms with Crippen LogP contribution in [0.25, 0.3) is 0 Å². The van der Waals surface area contributed by atoms with E-state index in [0.29, 0.717) is 5.69 Å². The maximum atomic E-state index is 12.6. The second-order valence-electron chi connectivity index (χ2n) is 3.07. The third kappa shape index (κ3) is 2.57. The van der Waals surface area contributed by atoms with Gasteiger partial charge in [0.2, 0.25) is 0 Å². The number of anilines is 1. The van der Waals surface area contributed by atoms with Crippen LogP contribution in [0.2, 0.25) is 0 Å². The molecule has 0 atom stereocenters. The van der Waals surface area contributed by atoms with Crippen molar-refractivity contribution in [2.75, 3.05) is 12.1 Å². The number of nitrogens with two attached hydrogens (primary N) is 1. The van der Waals surface area contributed by atoms with Gasteiger partial charge >= 0.3 is 6.18 Å². The van der Waals surface area contributed by atoms with Crippen molar-refractivity contribution in [1.29, 1.82) is 0 Å². The standard InChI is InChI=1S/C9H11F3N2S/c1-14(13)8-4-2-3-7(6(8)5-15)9(10,11)12/h2-4,15H,5,13H2,1H3. The second-order valence-corrected chi connectivity index (χ2v) is 3.39. The first-order valence-electron chi connectivity index (χ1n) is 4.16. The third-order valence-corrected chi connectivity index (χ3v) is 2.31. The molecule has 2 N–H and O–H groups in total. The van der Waals surface area contributed by atoms with Gasteiger partial charge in [0.15, 0.2) is 0 Å². The van der Waals surface area contributed by atoms with E-state index in [2.05, 4.69) is 12.6 Å². The van der Waals surface area contributed by atoms with E-state index in [-0.39, 0.29) is 11.3 Å². The molecule has 0 aliphatic rings. The molecule has 1 aromatic rings. The minimum Gasteiger partial charge on any atom is -0.314 e. The Labute approximate surface area is 91.2 Å². The number of nitrogens with zero attached hydrogens (tertiary/aromatic N) is 1. The molecule has 1 rings (SSSR count). The van der Waals surface area contributed by atoms with Crippen LogP contribution in [0.1, 0.15) is 11.1 Å². The normalized spacial score (nSPS) is 11.6. The van der Waals surface area contributed by atoms with Crippen LogP contribution in [0.15, 0.2) is 18.2 Å². The van der Waals surface area contributed by atoms with Gasteiger partial charge in [0.25, 0.3) is 0 Å². The summed E-state index contributed by atoms with van der Waals surface area (Å²) >= 11 is 3.89. The third-order valence-electron chi connectivity index (χ3n) is 1.99. The van der Waals surface area contributed by atoms with E-state index >= 15 is 0 Å². The molecular formula is C9H11F3N2S. The molecule has 0 unspecified atom stereocenters. The summed E-state index contributed by atoms with van der Waals surface area (Å²) in [4.78, 5) is 0. The van der Waals surface area contributed by atoms with Crippen LogP contribution in [0.5, 0.6) is 0 Å². The van der Waals surface area contributed by atoms with Crippen molar-refractivity contribution in [1.82, 2.24) is 0 Å². The summed E-state index contributed by atoms with van der Waals surface area (Å²) in [7, 11) is 1.49. The fraction of sp³-hybridized carbons (Fsp3) is 0.333. The monoisotopic (exact) mass is 236 g/mol. The fourth-order valence-corrected chi connectivity index (χ4v) is 1.67. The van der Waals surface area contributed by atoms with Gasteiger partial charge < -0.3 is 5.01 Å². The van der Waals surface area contributed by atoms with E-state index < -0.39 is 11.7 Å². The minimum absolute atomic E-state index is 0.00738. The van der Waals surface area contributed by atoms with Crippen LogP contribution in [0.4, 0.5) is 18.9 Å². The molecule has 0 saturated heterocycles. The number of rotatable bonds is 2. The highest BCUT2D eigenvalue weighted by molar-refractivity contribution is 7.79. The number of alkyl halides is 3. The molecule has 0 amide bonds. The summed E-state index contributed by atoms with van der Waals surface area (Å²) < 4.78 is 37.8. The predicted molar refractivity (Wildman–Crippen MR) is 56.7 cm³/mol. The summed E-state index contributed by atoms with van der Waals surface area (Å²) in [6, 6.07) is 3.88. The van der Waals surface area contributed by atoms with Gasteiger partial charge in [-0.1, -0.05) is 6.07 Å². The molecule has 0 saturated carbocycles. The van der Waals surface area contributed by atoms with Gasteiger partial charge in [-0.25, -0.2) is 5.84 Å². The molecule has 0 aliphatic carbocycles. The lowest BCUT2D eigenvalue weighted by atomic mass is 10.1. The van der Waals surface area contributed by atoms with Crippen LogP contribution >= 0.6 is 12.6 Å². The van der Waals surface area contributed by atoms with Crippen molar-refractivity contribution in [3.63, 3.8) is 0 Å². The van der Waals surface area contributed by atoms with Gasteiger partial charge in [0.1, 0.15) is 0 Å². The van der Waals surface area contributed by atoms with E-state index in [4.69, 9.17) is 5.84 Å². The summed E-state index contributed by atoms with van der Waals surface area (Å²) in [5, 5.41) is 1.15. The Morgan fingerprint density at radius 1 is 1.40 bits per heavy atom. The molecule has 6 heteroatoms. The molecule has 0 fully saturated rings. The van der Waals surface area contributed by atoms with Crippen molar-refractivity contribution in [3.05, 3.63) is 29.3 Å². The molecule has 2 nitrogen and oxygen atoms in total. The van der Waals surface area contributed by atoms with Crippen molar-refractivity contribution in [2.24, 2.45) is 5.84 Å². The van der Waals surface area contributed by atoms with E-state index in [1.807, 2.05) is 0 Å².